The van der Waals surface area contributed by atoms with Crippen molar-refractivity contribution in [3.8, 4) is 5.69 Å². The number of nitrogens with one attached hydrogen (secondary N) is 2. The van der Waals surface area contributed by atoms with Crippen LogP contribution in [0.1, 0.15) is 10.4 Å². The third-order valence-corrected chi connectivity index (χ3v) is 4.62. The summed E-state index contributed by atoms with van der Waals surface area (Å²) in [5, 5.41) is 8.94. The highest BCUT2D eigenvalue weighted by molar-refractivity contribution is 6.12. The van der Waals surface area contributed by atoms with E-state index in [9.17, 15) is 9.18 Å². The predicted octanol–water partition coefficient (Wildman–Crippen LogP) is 4.29. The van der Waals surface area contributed by atoms with Crippen molar-refractivity contribution in [2.24, 2.45) is 0 Å². The van der Waals surface area contributed by atoms with Crippen LogP contribution in [-0.4, -0.2) is 25.7 Å². The topological polar surface area (TPSA) is 75.6 Å². The van der Waals surface area contributed by atoms with E-state index in [0.717, 1.165) is 10.9 Å². The number of rotatable bonds is 3. The number of hydrogen-bond acceptors (Lipinski definition) is 3. The average Bonchev–Trinajstić information content (AvgIpc) is 3.35. The fourth-order valence-corrected chi connectivity index (χ4v) is 3.24. The number of aromatic amines is 1. The molecular formula is C21H14FN5O. The molecule has 0 saturated heterocycles. The Morgan fingerprint density at radius 3 is 2.75 bits per heavy atom. The first-order valence-electron chi connectivity index (χ1n) is 8.65. The fourth-order valence-electron chi connectivity index (χ4n) is 3.24. The number of aromatic nitrogens is 4. The van der Waals surface area contributed by atoms with Crippen LogP contribution in [0.15, 0.2) is 73.3 Å². The maximum absolute atomic E-state index is 13.2. The lowest BCUT2D eigenvalue weighted by atomic mass is 10.1. The van der Waals surface area contributed by atoms with Crippen molar-refractivity contribution in [2.75, 3.05) is 5.32 Å². The van der Waals surface area contributed by atoms with Crippen molar-refractivity contribution in [2.45, 2.75) is 0 Å². The van der Waals surface area contributed by atoms with Gasteiger partial charge in [-0.1, -0.05) is 0 Å². The van der Waals surface area contributed by atoms with Crippen LogP contribution in [0, 0.1) is 5.82 Å². The molecule has 0 aliphatic rings. The molecule has 28 heavy (non-hydrogen) atoms. The molecular weight excluding hydrogens is 357 g/mol. The van der Waals surface area contributed by atoms with E-state index in [4.69, 9.17) is 0 Å². The molecule has 3 heterocycles. The van der Waals surface area contributed by atoms with E-state index in [1.807, 2.05) is 30.5 Å². The molecule has 136 valence electrons. The maximum Gasteiger partial charge on any atom is 0.257 e. The molecule has 2 N–H and O–H groups in total. The summed E-state index contributed by atoms with van der Waals surface area (Å²) in [7, 11) is 0. The molecule has 0 radical (unpaired) electrons. The van der Waals surface area contributed by atoms with Gasteiger partial charge in [-0.15, -0.1) is 0 Å². The lowest BCUT2D eigenvalue weighted by Gasteiger charge is -2.07. The number of H-pyrrole nitrogens is 1. The lowest BCUT2D eigenvalue weighted by Crippen LogP contribution is -2.12. The van der Waals surface area contributed by atoms with Gasteiger partial charge in [0.2, 0.25) is 0 Å². The summed E-state index contributed by atoms with van der Waals surface area (Å²) in [4.78, 5) is 20.2. The molecule has 0 saturated carbocycles. The first kappa shape index (κ1) is 16.2. The zero-order chi connectivity index (χ0) is 19.1. The molecule has 0 aliphatic heterocycles. The standard InChI is InChI=1S/C21H14FN5O/c22-14-1-4-16(5-2-14)27-20-12-23-10-18(17(20)11-25-27)21(28)26-15-3-6-19-13(9-15)7-8-24-19/h1-12,24H,(H,26,28). The van der Waals surface area contributed by atoms with Crippen LogP contribution < -0.4 is 5.32 Å². The highest BCUT2D eigenvalue weighted by Gasteiger charge is 2.15. The molecule has 5 rings (SSSR count). The van der Waals surface area contributed by atoms with Gasteiger partial charge in [0, 0.05) is 34.4 Å². The van der Waals surface area contributed by atoms with Crippen molar-refractivity contribution in [3.63, 3.8) is 0 Å². The molecule has 2 aromatic carbocycles. The number of benzene rings is 2. The fraction of sp³-hybridized carbons (Fsp3) is 0. The van der Waals surface area contributed by atoms with Crippen LogP contribution >= 0.6 is 0 Å². The number of carbonyl (C=O) groups excluding carboxylic acids is 1. The quantitative estimate of drug-likeness (QED) is 0.497. The largest absolute Gasteiger partial charge is 0.361 e. The number of hydrogen-bond donors (Lipinski definition) is 2. The van der Waals surface area contributed by atoms with Crippen LogP contribution in [0.2, 0.25) is 0 Å². The van der Waals surface area contributed by atoms with Gasteiger partial charge >= 0.3 is 0 Å². The Bertz CT molecular complexity index is 1320. The second-order valence-corrected chi connectivity index (χ2v) is 6.39. The highest BCUT2D eigenvalue weighted by atomic mass is 19.1. The second kappa shape index (κ2) is 6.31. The van der Waals surface area contributed by atoms with Gasteiger partial charge in [-0.25, -0.2) is 9.07 Å². The third-order valence-electron chi connectivity index (χ3n) is 4.62. The van der Waals surface area contributed by atoms with E-state index in [-0.39, 0.29) is 11.7 Å². The summed E-state index contributed by atoms with van der Waals surface area (Å²) in [5.74, 6) is -0.593. The lowest BCUT2D eigenvalue weighted by molar-refractivity contribution is 0.102. The number of fused-ring (bicyclic) bond motifs is 2. The van der Waals surface area contributed by atoms with E-state index in [0.29, 0.717) is 27.8 Å². The first-order valence-corrected chi connectivity index (χ1v) is 8.65. The summed E-state index contributed by atoms with van der Waals surface area (Å²) in [5.41, 5.74) is 3.47. The predicted molar refractivity (Wildman–Crippen MR) is 105 cm³/mol. The number of amides is 1. The van der Waals surface area contributed by atoms with Crippen LogP contribution in [0.4, 0.5) is 10.1 Å². The number of halogens is 1. The molecule has 0 fully saturated rings. The van der Waals surface area contributed by atoms with Crippen LogP contribution in [0.3, 0.4) is 0 Å². The molecule has 0 bridgehead atoms. The first-order chi connectivity index (χ1) is 13.7. The Morgan fingerprint density at radius 2 is 1.89 bits per heavy atom. The van der Waals surface area contributed by atoms with Gasteiger partial charge < -0.3 is 10.3 Å². The molecule has 1 amide bonds. The smallest absolute Gasteiger partial charge is 0.257 e. The van der Waals surface area contributed by atoms with Gasteiger partial charge in [-0.2, -0.15) is 5.10 Å². The summed E-state index contributed by atoms with van der Waals surface area (Å²) in [6.07, 6.45) is 6.62. The average molecular weight is 371 g/mol. The van der Waals surface area contributed by atoms with Crippen LogP contribution in [0.25, 0.3) is 27.5 Å². The molecule has 0 spiro atoms. The molecule has 0 atom stereocenters. The van der Waals surface area contributed by atoms with E-state index >= 15 is 0 Å². The minimum absolute atomic E-state index is 0.272. The highest BCUT2D eigenvalue weighted by Crippen LogP contribution is 2.23. The van der Waals surface area contributed by atoms with Gasteiger partial charge in [-0.3, -0.25) is 9.78 Å². The molecule has 7 heteroatoms. The Hall–Kier alpha value is -4.00. The van der Waals surface area contributed by atoms with Crippen molar-refractivity contribution in [3.05, 3.63) is 84.7 Å². The van der Waals surface area contributed by atoms with Gasteiger partial charge in [0.25, 0.3) is 5.91 Å². The number of pyridine rings is 1. The van der Waals surface area contributed by atoms with Crippen molar-refractivity contribution >= 4 is 33.4 Å². The van der Waals surface area contributed by atoms with Crippen LogP contribution in [0.5, 0.6) is 0 Å². The summed E-state index contributed by atoms with van der Waals surface area (Å²) < 4.78 is 14.8. The van der Waals surface area contributed by atoms with Crippen molar-refractivity contribution < 1.29 is 9.18 Å². The van der Waals surface area contributed by atoms with Gasteiger partial charge in [0.15, 0.2) is 0 Å². The van der Waals surface area contributed by atoms with Crippen LogP contribution in [-0.2, 0) is 0 Å². The SMILES string of the molecule is O=C(Nc1ccc2[nH]ccc2c1)c1cncc2c1cnn2-c1ccc(F)cc1. The molecule has 6 nitrogen and oxygen atoms in total. The van der Waals surface area contributed by atoms with Gasteiger partial charge in [-0.05, 0) is 48.5 Å². The summed E-state index contributed by atoms with van der Waals surface area (Å²) >= 11 is 0. The van der Waals surface area contributed by atoms with E-state index in [1.165, 1.54) is 18.3 Å². The Labute approximate surface area is 158 Å². The minimum Gasteiger partial charge on any atom is -0.361 e. The Morgan fingerprint density at radius 1 is 1.04 bits per heavy atom. The van der Waals surface area contributed by atoms with E-state index in [2.05, 4.69) is 20.4 Å². The van der Waals surface area contributed by atoms with E-state index in [1.54, 1.807) is 29.2 Å². The zero-order valence-electron chi connectivity index (χ0n) is 14.6. The third kappa shape index (κ3) is 2.69. The van der Waals surface area contributed by atoms with Gasteiger partial charge in [0.1, 0.15) is 5.82 Å². The normalized spacial score (nSPS) is 11.2. The zero-order valence-corrected chi connectivity index (χ0v) is 14.6. The van der Waals surface area contributed by atoms with Crippen molar-refractivity contribution in [1.29, 1.82) is 0 Å². The van der Waals surface area contributed by atoms with Crippen molar-refractivity contribution in [1.82, 2.24) is 19.7 Å². The molecule has 0 aliphatic carbocycles. The molecule has 3 aromatic heterocycles. The van der Waals surface area contributed by atoms with E-state index < -0.39 is 0 Å². The Kier molecular flexibility index (Phi) is 3.65. The summed E-state index contributed by atoms with van der Waals surface area (Å²) in [6, 6.07) is 13.6. The molecule has 0 unspecified atom stereocenters. The monoisotopic (exact) mass is 371 g/mol. The summed E-state index contributed by atoms with van der Waals surface area (Å²) in [6.45, 7) is 0. The molecule has 5 aromatic rings. The number of anilines is 1. The Balaban J connectivity index is 1.51. The number of nitrogens with zero attached hydrogens (tertiary/aromatic N) is 3. The maximum atomic E-state index is 13.2. The number of carbonyl (C=O) groups is 1. The second-order valence-electron chi connectivity index (χ2n) is 6.39. The minimum atomic E-state index is -0.321. The van der Waals surface area contributed by atoms with Gasteiger partial charge in [0.05, 0.1) is 29.2 Å².